The van der Waals surface area contributed by atoms with Crippen LogP contribution in [0.1, 0.15) is 24.6 Å². The summed E-state index contributed by atoms with van der Waals surface area (Å²) < 4.78 is 25.2. The van der Waals surface area contributed by atoms with Crippen LogP contribution in [0.4, 0.5) is 4.39 Å². The Balaban J connectivity index is 2.29. The van der Waals surface area contributed by atoms with Crippen molar-refractivity contribution in [2.45, 2.75) is 19.0 Å². The molecule has 0 aliphatic carbocycles. The molecule has 100 valence electrons. The van der Waals surface area contributed by atoms with Gasteiger partial charge in [0, 0.05) is 12.5 Å². The highest BCUT2D eigenvalue weighted by molar-refractivity contribution is 5.46. The summed E-state index contributed by atoms with van der Waals surface area (Å²) in [5.41, 5.74) is 0.538. The number of piperidine rings is 1. The summed E-state index contributed by atoms with van der Waals surface area (Å²) in [5, 5.41) is 3.24. The average Bonchev–Trinajstić information content (AvgIpc) is 2.46. The molecule has 0 saturated carbocycles. The molecule has 1 aromatic carbocycles. The van der Waals surface area contributed by atoms with Crippen molar-refractivity contribution in [2.75, 3.05) is 27.3 Å². The number of alkyl halides is 1. The maximum atomic E-state index is 14.7. The standard InChI is InChI=1S/C14H20FNO2/c1-17-11-6-3-7-12(18-2)13(11)14(15)10-5-4-8-16-9-10/h3,6-7,10,14,16H,4-5,8-9H2,1-2H3. The molecule has 2 unspecified atom stereocenters. The van der Waals surface area contributed by atoms with Crippen molar-refractivity contribution in [3.05, 3.63) is 23.8 Å². The van der Waals surface area contributed by atoms with Crippen molar-refractivity contribution in [2.24, 2.45) is 5.92 Å². The van der Waals surface area contributed by atoms with Crippen molar-refractivity contribution in [3.8, 4) is 11.5 Å². The zero-order chi connectivity index (χ0) is 13.0. The van der Waals surface area contributed by atoms with Crippen LogP contribution in [0.5, 0.6) is 11.5 Å². The molecular weight excluding hydrogens is 233 g/mol. The molecule has 4 heteroatoms. The van der Waals surface area contributed by atoms with E-state index >= 15 is 0 Å². The molecule has 1 saturated heterocycles. The lowest BCUT2D eigenvalue weighted by Crippen LogP contribution is -2.32. The normalized spacial score (nSPS) is 21.4. The highest BCUT2D eigenvalue weighted by Gasteiger charge is 2.29. The molecule has 3 nitrogen and oxygen atoms in total. The van der Waals surface area contributed by atoms with Gasteiger partial charge in [0.15, 0.2) is 0 Å². The Hall–Kier alpha value is -1.29. The lowest BCUT2D eigenvalue weighted by Gasteiger charge is -2.27. The van der Waals surface area contributed by atoms with Crippen molar-refractivity contribution in [1.29, 1.82) is 0 Å². The van der Waals surface area contributed by atoms with Crippen molar-refractivity contribution in [1.82, 2.24) is 5.32 Å². The van der Waals surface area contributed by atoms with E-state index in [-0.39, 0.29) is 5.92 Å². The van der Waals surface area contributed by atoms with Gasteiger partial charge in [-0.3, -0.25) is 0 Å². The molecule has 0 aromatic heterocycles. The highest BCUT2D eigenvalue weighted by Crippen LogP contribution is 2.41. The molecule has 0 radical (unpaired) electrons. The van der Waals surface area contributed by atoms with Gasteiger partial charge >= 0.3 is 0 Å². The van der Waals surface area contributed by atoms with E-state index in [1.54, 1.807) is 26.4 Å². The summed E-state index contributed by atoms with van der Waals surface area (Å²) in [4.78, 5) is 0. The Morgan fingerprint density at radius 3 is 2.44 bits per heavy atom. The van der Waals surface area contributed by atoms with Gasteiger partial charge in [-0.25, -0.2) is 4.39 Å². The summed E-state index contributed by atoms with van der Waals surface area (Å²) in [5.74, 6) is 1.11. The van der Waals surface area contributed by atoms with Gasteiger partial charge in [-0.1, -0.05) is 6.07 Å². The van der Waals surface area contributed by atoms with Crippen LogP contribution >= 0.6 is 0 Å². The number of rotatable bonds is 4. The molecule has 1 aliphatic heterocycles. The van der Waals surface area contributed by atoms with E-state index in [2.05, 4.69) is 5.32 Å². The third-order valence-corrected chi connectivity index (χ3v) is 3.49. The van der Waals surface area contributed by atoms with Gasteiger partial charge in [-0.15, -0.1) is 0 Å². The van der Waals surface area contributed by atoms with E-state index in [9.17, 15) is 4.39 Å². The Labute approximate surface area is 107 Å². The van der Waals surface area contributed by atoms with Gasteiger partial charge in [0.25, 0.3) is 0 Å². The topological polar surface area (TPSA) is 30.5 Å². The molecule has 0 spiro atoms. The summed E-state index contributed by atoms with van der Waals surface area (Å²) in [6, 6.07) is 5.37. The zero-order valence-corrected chi connectivity index (χ0v) is 10.9. The molecule has 1 aromatic rings. The largest absolute Gasteiger partial charge is 0.496 e. The number of hydrogen-bond acceptors (Lipinski definition) is 3. The third-order valence-electron chi connectivity index (χ3n) is 3.49. The molecule has 2 atom stereocenters. The summed E-state index contributed by atoms with van der Waals surface area (Å²) in [6.07, 6.45) is 0.863. The van der Waals surface area contributed by atoms with E-state index in [0.29, 0.717) is 23.6 Å². The fourth-order valence-corrected chi connectivity index (χ4v) is 2.52. The van der Waals surface area contributed by atoms with E-state index in [1.807, 2.05) is 6.07 Å². The van der Waals surface area contributed by atoms with Crippen LogP contribution in [-0.4, -0.2) is 27.3 Å². The number of hydrogen-bond donors (Lipinski definition) is 1. The third kappa shape index (κ3) is 2.58. The minimum absolute atomic E-state index is 0.0102. The van der Waals surface area contributed by atoms with Gasteiger partial charge in [-0.05, 0) is 31.5 Å². The minimum Gasteiger partial charge on any atom is -0.496 e. The minimum atomic E-state index is -1.05. The van der Waals surface area contributed by atoms with Crippen molar-refractivity contribution < 1.29 is 13.9 Å². The fraction of sp³-hybridized carbons (Fsp3) is 0.571. The van der Waals surface area contributed by atoms with Crippen LogP contribution < -0.4 is 14.8 Å². The first kappa shape index (κ1) is 13.1. The van der Waals surface area contributed by atoms with Gasteiger partial charge in [0.2, 0.25) is 0 Å². The molecule has 0 amide bonds. The van der Waals surface area contributed by atoms with Crippen molar-refractivity contribution in [3.63, 3.8) is 0 Å². The predicted octanol–water partition coefficient (Wildman–Crippen LogP) is 2.71. The molecule has 18 heavy (non-hydrogen) atoms. The van der Waals surface area contributed by atoms with Gasteiger partial charge < -0.3 is 14.8 Å². The molecule has 2 rings (SSSR count). The first-order valence-corrected chi connectivity index (χ1v) is 6.33. The first-order chi connectivity index (χ1) is 8.77. The lowest BCUT2D eigenvalue weighted by atomic mass is 9.89. The van der Waals surface area contributed by atoms with E-state index in [1.165, 1.54) is 0 Å². The van der Waals surface area contributed by atoms with Crippen LogP contribution in [0.2, 0.25) is 0 Å². The average molecular weight is 253 g/mol. The molecule has 0 bridgehead atoms. The number of nitrogens with one attached hydrogen (secondary N) is 1. The second-order valence-electron chi connectivity index (χ2n) is 4.58. The lowest BCUT2D eigenvalue weighted by molar-refractivity contribution is 0.185. The van der Waals surface area contributed by atoms with Crippen LogP contribution in [0.3, 0.4) is 0 Å². The number of ether oxygens (including phenoxy) is 2. The summed E-state index contributed by atoms with van der Waals surface area (Å²) >= 11 is 0. The Morgan fingerprint density at radius 2 is 1.94 bits per heavy atom. The quantitative estimate of drug-likeness (QED) is 0.895. The van der Waals surface area contributed by atoms with Crippen LogP contribution in [0, 0.1) is 5.92 Å². The monoisotopic (exact) mass is 253 g/mol. The molecule has 1 aliphatic rings. The first-order valence-electron chi connectivity index (χ1n) is 6.33. The highest BCUT2D eigenvalue weighted by atomic mass is 19.1. The van der Waals surface area contributed by atoms with Gasteiger partial charge in [-0.2, -0.15) is 0 Å². The molecule has 1 fully saturated rings. The zero-order valence-electron chi connectivity index (χ0n) is 10.9. The van der Waals surface area contributed by atoms with E-state index in [0.717, 1.165) is 19.4 Å². The van der Waals surface area contributed by atoms with Gasteiger partial charge in [0.05, 0.1) is 19.8 Å². The molecule has 1 heterocycles. The maximum Gasteiger partial charge on any atom is 0.136 e. The van der Waals surface area contributed by atoms with E-state index < -0.39 is 6.17 Å². The summed E-state index contributed by atoms with van der Waals surface area (Å²) in [6.45, 7) is 1.69. The molecular formula is C14H20FNO2. The van der Waals surface area contributed by atoms with E-state index in [4.69, 9.17) is 9.47 Å². The number of methoxy groups -OCH3 is 2. The second-order valence-corrected chi connectivity index (χ2v) is 4.58. The fourth-order valence-electron chi connectivity index (χ4n) is 2.52. The Kier molecular flexibility index (Phi) is 4.42. The van der Waals surface area contributed by atoms with Gasteiger partial charge in [0.1, 0.15) is 17.7 Å². The second kappa shape index (κ2) is 6.05. The van der Waals surface area contributed by atoms with Crippen LogP contribution in [0.25, 0.3) is 0 Å². The Morgan fingerprint density at radius 1 is 1.28 bits per heavy atom. The Bertz CT molecular complexity index is 369. The molecule has 1 N–H and O–H groups in total. The van der Waals surface area contributed by atoms with Crippen molar-refractivity contribution >= 4 is 0 Å². The smallest absolute Gasteiger partial charge is 0.136 e. The predicted molar refractivity (Wildman–Crippen MR) is 69.0 cm³/mol. The maximum absolute atomic E-state index is 14.7. The van der Waals surface area contributed by atoms with Crippen LogP contribution in [-0.2, 0) is 0 Å². The number of benzene rings is 1. The van der Waals surface area contributed by atoms with Crippen LogP contribution in [0.15, 0.2) is 18.2 Å². The summed E-state index contributed by atoms with van der Waals surface area (Å²) in [7, 11) is 3.12. The SMILES string of the molecule is COc1cccc(OC)c1C(F)C1CCCNC1. The number of halogens is 1.